The van der Waals surface area contributed by atoms with Crippen LogP contribution in [0.3, 0.4) is 0 Å². The molecule has 234 valence electrons. The van der Waals surface area contributed by atoms with E-state index >= 15 is 0 Å². The predicted molar refractivity (Wildman–Crippen MR) is 147 cm³/mol. The predicted octanol–water partition coefficient (Wildman–Crippen LogP) is 5.83. The quantitative estimate of drug-likeness (QED) is 0.166. The molecule has 1 amide bonds. The van der Waals surface area contributed by atoms with Gasteiger partial charge in [0, 0.05) is 48.2 Å². The highest BCUT2D eigenvalue weighted by atomic mass is 19.4. The van der Waals surface area contributed by atoms with E-state index in [4.69, 9.17) is 5.73 Å². The number of nitrogens with zero attached hydrogens (tertiary/aromatic N) is 3. The number of carbonyl (C=O) groups excluding carboxylic acids is 3. The van der Waals surface area contributed by atoms with E-state index in [1.54, 1.807) is 12.3 Å². The highest BCUT2D eigenvalue weighted by Crippen LogP contribution is 2.43. The number of hydrogen-bond acceptors (Lipinski definition) is 8. The van der Waals surface area contributed by atoms with Crippen LogP contribution in [0.1, 0.15) is 34.7 Å². The molecule has 1 fully saturated rings. The number of halogens is 6. The van der Waals surface area contributed by atoms with Gasteiger partial charge in [0.25, 0.3) is 5.91 Å². The molecular formula is C30H22F6N4O5. The third-order valence-corrected chi connectivity index (χ3v) is 7.24. The molecule has 1 aliphatic heterocycles. The summed E-state index contributed by atoms with van der Waals surface area (Å²) in [6.07, 6.45) is -6.34. The van der Waals surface area contributed by atoms with Gasteiger partial charge in [-0.2, -0.15) is 26.3 Å². The molecule has 4 aromatic rings. The zero-order valence-corrected chi connectivity index (χ0v) is 23.0. The van der Waals surface area contributed by atoms with Crippen LogP contribution >= 0.6 is 0 Å². The molecule has 2 N–H and O–H groups in total. The van der Waals surface area contributed by atoms with Gasteiger partial charge in [0.1, 0.15) is 5.82 Å². The second-order valence-electron chi connectivity index (χ2n) is 10.1. The van der Waals surface area contributed by atoms with E-state index < -0.39 is 47.3 Å². The molecule has 2 aromatic heterocycles. The van der Waals surface area contributed by atoms with Crippen LogP contribution in [0.4, 0.5) is 32.2 Å². The fourth-order valence-electron chi connectivity index (χ4n) is 5.03. The summed E-state index contributed by atoms with van der Waals surface area (Å²) < 4.78 is 88.5. The lowest BCUT2D eigenvalue weighted by atomic mass is 9.88. The molecule has 0 aliphatic carbocycles. The molecule has 5 rings (SSSR count). The monoisotopic (exact) mass is 632 g/mol. The average molecular weight is 633 g/mol. The van der Waals surface area contributed by atoms with Crippen molar-refractivity contribution in [3.63, 3.8) is 0 Å². The van der Waals surface area contributed by atoms with Crippen molar-refractivity contribution in [2.75, 3.05) is 18.8 Å². The largest absolute Gasteiger partial charge is 0.491 e. The van der Waals surface area contributed by atoms with Crippen LogP contribution in [0.25, 0.3) is 21.9 Å². The number of esters is 2. The molecule has 1 aliphatic rings. The number of nitrogen functional groups attached to an aromatic ring is 1. The van der Waals surface area contributed by atoms with Crippen molar-refractivity contribution in [1.82, 2.24) is 14.9 Å². The molecule has 3 heterocycles. The number of fused-ring (bicyclic) bond motifs is 1. The fraction of sp³-hybridized carbons (Fsp3) is 0.233. The average Bonchev–Trinajstić information content (AvgIpc) is 3.01. The number of amides is 1. The van der Waals surface area contributed by atoms with Crippen molar-refractivity contribution >= 4 is 34.4 Å². The molecule has 0 unspecified atom stereocenters. The van der Waals surface area contributed by atoms with Crippen molar-refractivity contribution in [1.29, 1.82) is 0 Å². The van der Waals surface area contributed by atoms with Crippen molar-refractivity contribution in [3.8, 4) is 22.6 Å². The first kappa shape index (κ1) is 31.2. The zero-order valence-electron chi connectivity index (χ0n) is 23.0. The summed E-state index contributed by atoms with van der Waals surface area (Å²) in [6, 6.07) is 12.2. The Labute approximate surface area is 250 Å². The number of ether oxygens (including phenoxy) is 2. The third kappa shape index (κ3) is 6.66. The Kier molecular flexibility index (Phi) is 8.36. The van der Waals surface area contributed by atoms with Gasteiger partial charge in [-0.1, -0.05) is 18.2 Å². The van der Waals surface area contributed by atoms with E-state index in [1.807, 2.05) is 18.2 Å². The van der Waals surface area contributed by atoms with Gasteiger partial charge in [-0.05, 0) is 60.0 Å². The minimum Gasteiger partial charge on any atom is -0.415 e. The molecule has 0 atom stereocenters. The second kappa shape index (κ2) is 12.1. The maximum absolute atomic E-state index is 13.7. The van der Waals surface area contributed by atoms with Crippen molar-refractivity contribution in [2.45, 2.75) is 31.1 Å². The number of carbonyl (C=O) groups is 3. The maximum atomic E-state index is 13.7. The van der Waals surface area contributed by atoms with Crippen molar-refractivity contribution < 1.29 is 50.2 Å². The minimum atomic E-state index is -5.60. The Morgan fingerprint density at radius 1 is 0.844 bits per heavy atom. The summed E-state index contributed by atoms with van der Waals surface area (Å²) in [6.45, 7) is 0.192. The van der Waals surface area contributed by atoms with Crippen LogP contribution in [0.5, 0.6) is 11.5 Å². The third-order valence-electron chi connectivity index (χ3n) is 7.24. The van der Waals surface area contributed by atoms with E-state index in [9.17, 15) is 40.7 Å². The normalized spacial score (nSPS) is 14.3. The van der Waals surface area contributed by atoms with Crippen LogP contribution < -0.4 is 15.2 Å². The minimum absolute atomic E-state index is 0.00202. The summed E-state index contributed by atoms with van der Waals surface area (Å²) in [7, 11) is 0. The Morgan fingerprint density at radius 2 is 1.51 bits per heavy atom. The number of nitrogens with two attached hydrogens (primary N) is 1. The fourth-order valence-corrected chi connectivity index (χ4v) is 5.03. The maximum Gasteiger partial charge on any atom is 0.491 e. The Balaban J connectivity index is 1.50. The SMILES string of the molecule is Nc1nccc2ccc(C3CCN(C(=O)c4ccc(-c5cccnc5)c(OC(=O)C(F)(F)F)c4OC(=O)C(F)(F)F)CC3)cc12. The van der Waals surface area contributed by atoms with Gasteiger partial charge in [-0.15, -0.1) is 0 Å². The van der Waals surface area contributed by atoms with E-state index in [0.717, 1.165) is 34.7 Å². The van der Waals surface area contributed by atoms with Gasteiger partial charge in [0.15, 0.2) is 11.5 Å². The van der Waals surface area contributed by atoms with Gasteiger partial charge in [0.2, 0.25) is 0 Å². The molecule has 15 heteroatoms. The van der Waals surface area contributed by atoms with E-state index in [2.05, 4.69) is 19.4 Å². The highest BCUT2D eigenvalue weighted by molar-refractivity contribution is 6.01. The van der Waals surface area contributed by atoms with Gasteiger partial charge in [0.05, 0.1) is 5.56 Å². The molecule has 1 saturated heterocycles. The first-order valence-electron chi connectivity index (χ1n) is 13.3. The number of likely N-dealkylation sites (tertiary alicyclic amines) is 1. The van der Waals surface area contributed by atoms with Gasteiger partial charge in [-0.25, -0.2) is 14.6 Å². The van der Waals surface area contributed by atoms with Gasteiger partial charge < -0.3 is 20.1 Å². The zero-order chi connectivity index (χ0) is 32.5. The molecule has 0 spiro atoms. The van der Waals surface area contributed by atoms with Crippen LogP contribution in [-0.4, -0.2) is 58.2 Å². The number of anilines is 1. The lowest BCUT2D eigenvalue weighted by Crippen LogP contribution is -2.38. The van der Waals surface area contributed by atoms with Gasteiger partial charge in [-0.3, -0.25) is 9.78 Å². The lowest BCUT2D eigenvalue weighted by molar-refractivity contribution is -0.191. The highest BCUT2D eigenvalue weighted by Gasteiger charge is 2.45. The molecule has 0 saturated carbocycles. The first-order valence-corrected chi connectivity index (χ1v) is 13.3. The van der Waals surface area contributed by atoms with E-state index in [1.165, 1.54) is 23.2 Å². The number of benzene rings is 2. The van der Waals surface area contributed by atoms with Crippen LogP contribution in [-0.2, 0) is 9.59 Å². The van der Waals surface area contributed by atoms with Crippen LogP contribution in [0.15, 0.2) is 67.1 Å². The first-order chi connectivity index (χ1) is 21.2. The van der Waals surface area contributed by atoms with Crippen molar-refractivity contribution in [3.05, 3.63) is 78.2 Å². The number of piperidine rings is 1. The van der Waals surface area contributed by atoms with E-state index in [-0.39, 0.29) is 30.1 Å². The summed E-state index contributed by atoms with van der Waals surface area (Å²) >= 11 is 0. The molecule has 2 aromatic carbocycles. The topological polar surface area (TPSA) is 125 Å². The van der Waals surface area contributed by atoms with E-state index in [0.29, 0.717) is 18.7 Å². The Bertz CT molecular complexity index is 1770. The number of aromatic nitrogens is 2. The molecule has 0 radical (unpaired) electrons. The summed E-state index contributed by atoms with van der Waals surface area (Å²) in [5, 5.41) is 1.64. The Hall–Kier alpha value is -5.21. The van der Waals surface area contributed by atoms with Crippen molar-refractivity contribution in [2.24, 2.45) is 0 Å². The van der Waals surface area contributed by atoms with Gasteiger partial charge >= 0.3 is 24.3 Å². The summed E-state index contributed by atoms with van der Waals surface area (Å²) in [5.74, 6) is -8.78. The number of alkyl halides is 6. The molecule has 0 bridgehead atoms. The van der Waals surface area contributed by atoms with Crippen LogP contribution in [0, 0.1) is 0 Å². The Morgan fingerprint density at radius 3 is 2.13 bits per heavy atom. The lowest BCUT2D eigenvalue weighted by Gasteiger charge is -2.33. The summed E-state index contributed by atoms with van der Waals surface area (Å²) in [4.78, 5) is 46.6. The molecular weight excluding hydrogens is 610 g/mol. The molecule has 9 nitrogen and oxygen atoms in total. The number of rotatable bonds is 5. The molecule has 45 heavy (non-hydrogen) atoms. The smallest absolute Gasteiger partial charge is 0.415 e. The number of hydrogen-bond donors (Lipinski definition) is 1. The summed E-state index contributed by atoms with van der Waals surface area (Å²) in [5.41, 5.74) is 5.83. The number of pyridine rings is 2. The second-order valence-corrected chi connectivity index (χ2v) is 10.1. The standard InChI is InChI=1S/C30H22F6N4O5/c31-29(32,33)27(42)44-23-20(19-2-1-10-38-15-19)5-6-21(24(23)45-28(43)30(34,35)36)26(41)40-12-8-16(9-13-40)18-4-3-17-7-11-39-25(37)22(17)14-18/h1-7,10-11,14-16H,8-9,12-13H2,(H2,37,39). The van der Waals surface area contributed by atoms with Crippen LogP contribution in [0.2, 0.25) is 0 Å².